The maximum Gasteiger partial charge on any atom is 0.244 e. The molecular formula is C20H20N2O3. The number of hydrogen-bond donors (Lipinski definition) is 1. The average Bonchev–Trinajstić information content (AvgIpc) is 3.38. The van der Waals surface area contributed by atoms with Gasteiger partial charge in [-0.1, -0.05) is 29.8 Å². The number of amides is 3. The van der Waals surface area contributed by atoms with Crippen molar-refractivity contribution in [3.8, 4) is 0 Å². The first-order chi connectivity index (χ1) is 12.0. The zero-order valence-electron chi connectivity index (χ0n) is 14.0. The number of likely N-dealkylation sites (tertiary alicyclic amines) is 1. The molecule has 3 amide bonds. The number of anilines is 1. The summed E-state index contributed by atoms with van der Waals surface area (Å²) in [6.45, 7) is 1.79. The number of nitrogens with zero attached hydrogens (tertiary/aromatic N) is 1. The third-order valence-corrected chi connectivity index (χ3v) is 6.39. The van der Waals surface area contributed by atoms with Crippen molar-refractivity contribution in [3.63, 3.8) is 0 Å². The van der Waals surface area contributed by atoms with Crippen LogP contribution < -0.4 is 5.32 Å². The molecule has 128 valence electrons. The van der Waals surface area contributed by atoms with E-state index in [-0.39, 0.29) is 47.9 Å². The molecule has 1 aromatic carbocycles. The van der Waals surface area contributed by atoms with Crippen molar-refractivity contribution < 1.29 is 14.4 Å². The highest BCUT2D eigenvalue weighted by Gasteiger charge is 2.67. The van der Waals surface area contributed by atoms with Crippen molar-refractivity contribution in [2.24, 2.45) is 35.5 Å². The zero-order chi connectivity index (χ0) is 17.3. The summed E-state index contributed by atoms with van der Waals surface area (Å²) in [5.74, 6) is 0.441. The molecule has 1 heterocycles. The van der Waals surface area contributed by atoms with E-state index in [1.807, 2.05) is 31.2 Å². The summed E-state index contributed by atoms with van der Waals surface area (Å²) in [6.07, 6.45) is 5.42. The fourth-order valence-electron chi connectivity index (χ4n) is 5.16. The molecule has 4 aliphatic carbocycles. The summed E-state index contributed by atoms with van der Waals surface area (Å²) in [6, 6.07) is 7.45. The molecule has 6 rings (SSSR count). The van der Waals surface area contributed by atoms with Crippen LogP contribution in [0.4, 0.5) is 5.69 Å². The van der Waals surface area contributed by atoms with E-state index in [1.165, 1.54) is 4.90 Å². The minimum atomic E-state index is -0.324. The number of carbonyl (C=O) groups is 3. The van der Waals surface area contributed by atoms with E-state index in [9.17, 15) is 14.4 Å². The summed E-state index contributed by atoms with van der Waals surface area (Å²) in [7, 11) is 0. The van der Waals surface area contributed by atoms with Gasteiger partial charge in [-0.05, 0) is 49.1 Å². The van der Waals surface area contributed by atoms with Crippen LogP contribution in [-0.4, -0.2) is 29.2 Å². The molecule has 5 aliphatic rings. The zero-order valence-corrected chi connectivity index (χ0v) is 14.0. The lowest BCUT2D eigenvalue weighted by Gasteiger charge is -2.37. The molecule has 1 aromatic rings. The van der Waals surface area contributed by atoms with E-state index in [4.69, 9.17) is 0 Å². The monoisotopic (exact) mass is 336 g/mol. The second kappa shape index (κ2) is 5.04. The van der Waals surface area contributed by atoms with Crippen molar-refractivity contribution in [1.29, 1.82) is 0 Å². The smallest absolute Gasteiger partial charge is 0.244 e. The molecule has 1 aliphatic heterocycles. The SMILES string of the molecule is Cc1ccc(NC(=O)CN2C(=O)[C@@H]3[C@H]4C=C[C@@H]([C@@H]5C[C@H]45)[C@H]3C2=O)cc1. The van der Waals surface area contributed by atoms with Gasteiger partial charge in [-0.2, -0.15) is 0 Å². The number of imide groups is 1. The Morgan fingerprint density at radius 1 is 1.04 bits per heavy atom. The minimum absolute atomic E-state index is 0.154. The Bertz CT molecular complexity index is 777. The van der Waals surface area contributed by atoms with Crippen LogP contribution in [0.2, 0.25) is 0 Å². The summed E-state index contributed by atoms with van der Waals surface area (Å²) in [4.78, 5) is 39.2. The van der Waals surface area contributed by atoms with Gasteiger partial charge in [0.1, 0.15) is 6.54 Å². The highest BCUT2D eigenvalue weighted by molar-refractivity contribution is 6.09. The summed E-state index contributed by atoms with van der Waals surface area (Å²) < 4.78 is 0. The molecule has 2 bridgehead atoms. The predicted octanol–water partition coefficient (Wildman–Crippen LogP) is 1.99. The van der Waals surface area contributed by atoms with Gasteiger partial charge in [-0.15, -0.1) is 0 Å². The fourth-order valence-corrected chi connectivity index (χ4v) is 5.16. The van der Waals surface area contributed by atoms with Crippen molar-refractivity contribution in [2.75, 3.05) is 11.9 Å². The van der Waals surface area contributed by atoms with Crippen molar-refractivity contribution in [2.45, 2.75) is 13.3 Å². The number of allylic oxidation sites excluding steroid dienone is 2. The molecule has 0 aromatic heterocycles. The molecule has 6 atom stereocenters. The Morgan fingerprint density at radius 3 is 2.16 bits per heavy atom. The third-order valence-electron chi connectivity index (χ3n) is 6.39. The van der Waals surface area contributed by atoms with Crippen molar-refractivity contribution >= 4 is 23.4 Å². The fraction of sp³-hybridized carbons (Fsp3) is 0.450. The van der Waals surface area contributed by atoms with E-state index in [0.717, 1.165) is 12.0 Å². The lowest BCUT2D eigenvalue weighted by atomic mass is 9.63. The molecule has 1 N–H and O–H groups in total. The van der Waals surface area contributed by atoms with Gasteiger partial charge in [0, 0.05) is 5.69 Å². The standard InChI is InChI=1S/C20H20N2O3/c1-10-2-4-11(5-3-10)21-16(23)9-22-19(24)17-12-6-7-13(15-8-14(12)15)18(17)20(22)25/h2-7,12-15,17-18H,8-9H2,1H3,(H,21,23)/t12-,13-,14-,15+,17+,18+/m0/s1. The van der Waals surface area contributed by atoms with Gasteiger partial charge in [0.2, 0.25) is 17.7 Å². The van der Waals surface area contributed by atoms with Crippen molar-refractivity contribution in [3.05, 3.63) is 42.0 Å². The first-order valence-electron chi connectivity index (χ1n) is 8.94. The van der Waals surface area contributed by atoms with Crippen molar-refractivity contribution in [1.82, 2.24) is 4.90 Å². The number of nitrogens with one attached hydrogen (secondary N) is 1. The molecule has 2 saturated carbocycles. The molecular weight excluding hydrogens is 316 g/mol. The lowest BCUT2D eigenvalue weighted by molar-refractivity contribution is -0.142. The van der Waals surface area contributed by atoms with E-state index < -0.39 is 0 Å². The highest BCUT2D eigenvalue weighted by atomic mass is 16.2. The second-order valence-corrected chi connectivity index (χ2v) is 7.83. The predicted molar refractivity (Wildman–Crippen MR) is 91.2 cm³/mol. The minimum Gasteiger partial charge on any atom is -0.325 e. The molecule has 5 nitrogen and oxygen atoms in total. The molecule has 0 spiro atoms. The Morgan fingerprint density at radius 2 is 1.60 bits per heavy atom. The van der Waals surface area contributed by atoms with Gasteiger partial charge in [0.15, 0.2) is 0 Å². The van der Waals surface area contributed by atoms with Gasteiger partial charge in [0.25, 0.3) is 0 Å². The summed E-state index contributed by atoms with van der Waals surface area (Å²) in [5.41, 5.74) is 1.78. The first kappa shape index (κ1) is 14.9. The topological polar surface area (TPSA) is 66.5 Å². The van der Waals surface area contributed by atoms with Gasteiger partial charge in [0.05, 0.1) is 11.8 Å². The maximum atomic E-state index is 12.8. The Labute approximate surface area is 146 Å². The molecule has 5 heteroatoms. The van der Waals surface area contributed by atoms with Crippen LogP contribution in [0, 0.1) is 42.4 Å². The molecule has 3 fully saturated rings. The normalized spacial score (nSPS) is 37.1. The highest BCUT2D eigenvalue weighted by Crippen LogP contribution is 2.65. The lowest BCUT2D eigenvalue weighted by Crippen LogP contribution is -2.40. The van der Waals surface area contributed by atoms with E-state index in [1.54, 1.807) is 0 Å². The van der Waals surface area contributed by atoms with E-state index in [2.05, 4.69) is 17.5 Å². The van der Waals surface area contributed by atoms with Crippen LogP contribution in [0.3, 0.4) is 0 Å². The number of aryl methyl sites for hydroxylation is 1. The van der Waals surface area contributed by atoms with E-state index >= 15 is 0 Å². The number of benzene rings is 1. The number of carbonyl (C=O) groups excluding carboxylic acids is 3. The van der Waals surface area contributed by atoms with Crippen LogP contribution in [0.15, 0.2) is 36.4 Å². The van der Waals surface area contributed by atoms with Gasteiger partial charge < -0.3 is 5.32 Å². The second-order valence-electron chi connectivity index (χ2n) is 7.83. The average molecular weight is 336 g/mol. The van der Waals surface area contributed by atoms with Crippen LogP contribution in [0.5, 0.6) is 0 Å². The molecule has 1 saturated heterocycles. The largest absolute Gasteiger partial charge is 0.325 e. The summed E-state index contributed by atoms with van der Waals surface area (Å²) in [5, 5.41) is 2.77. The Kier molecular flexibility index (Phi) is 3.00. The van der Waals surface area contributed by atoms with Gasteiger partial charge >= 0.3 is 0 Å². The molecule has 0 radical (unpaired) electrons. The summed E-state index contributed by atoms with van der Waals surface area (Å²) >= 11 is 0. The Balaban J connectivity index is 1.32. The third kappa shape index (κ3) is 2.11. The van der Waals surface area contributed by atoms with Crippen LogP contribution in [-0.2, 0) is 14.4 Å². The molecule has 25 heavy (non-hydrogen) atoms. The number of rotatable bonds is 3. The Hall–Kier alpha value is -2.43. The van der Waals surface area contributed by atoms with Crippen LogP contribution in [0.25, 0.3) is 0 Å². The van der Waals surface area contributed by atoms with Gasteiger partial charge in [-0.25, -0.2) is 0 Å². The maximum absolute atomic E-state index is 12.8. The molecule has 0 unspecified atom stereocenters. The quantitative estimate of drug-likeness (QED) is 0.678. The first-order valence-corrected chi connectivity index (χ1v) is 8.94. The van der Waals surface area contributed by atoms with Gasteiger partial charge in [-0.3, -0.25) is 19.3 Å². The van der Waals surface area contributed by atoms with E-state index in [0.29, 0.717) is 17.5 Å². The van der Waals surface area contributed by atoms with Crippen LogP contribution in [0.1, 0.15) is 12.0 Å². The van der Waals surface area contributed by atoms with Crippen LogP contribution >= 0.6 is 0 Å². The number of hydrogen-bond acceptors (Lipinski definition) is 3.